The number of carbonyl (C=O) groups excluding carboxylic acids is 2. The van der Waals surface area contributed by atoms with Crippen molar-refractivity contribution in [3.05, 3.63) is 81.8 Å². The SMILES string of the molecule is COCc1nc(CN(C)C(=O)N[C@H](C(=O)N[C@@H](Cc2ccccc2)[C@@H](O)CN(CC2CCC2)S(=O)(=O)c2ccc(C=NO)cc2)[C@H](C)O)cs1. The van der Waals surface area contributed by atoms with Gasteiger partial charge in [0, 0.05) is 32.6 Å². The number of hydrogen-bond acceptors (Lipinski definition) is 11. The number of nitrogens with one attached hydrogen (secondary N) is 2. The average molecular weight is 731 g/mol. The molecule has 0 radical (unpaired) electrons. The van der Waals surface area contributed by atoms with Crippen molar-refractivity contribution < 1.29 is 38.2 Å². The van der Waals surface area contributed by atoms with Gasteiger partial charge in [-0.25, -0.2) is 18.2 Å². The molecule has 1 heterocycles. The van der Waals surface area contributed by atoms with Crippen LogP contribution in [0.25, 0.3) is 0 Å². The predicted molar refractivity (Wildman–Crippen MR) is 188 cm³/mol. The first-order valence-electron chi connectivity index (χ1n) is 16.3. The van der Waals surface area contributed by atoms with E-state index in [0.717, 1.165) is 29.8 Å². The van der Waals surface area contributed by atoms with Gasteiger partial charge in [0.2, 0.25) is 15.9 Å². The third-order valence-corrected chi connectivity index (χ3v) is 11.3. The number of aromatic nitrogens is 1. The number of urea groups is 1. The van der Waals surface area contributed by atoms with E-state index in [1.54, 1.807) is 7.11 Å². The number of methoxy groups -OCH3 is 1. The molecule has 0 saturated heterocycles. The molecule has 4 atom stereocenters. The van der Waals surface area contributed by atoms with E-state index in [2.05, 4.69) is 20.8 Å². The van der Waals surface area contributed by atoms with E-state index in [1.807, 2.05) is 35.7 Å². The average Bonchev–Trinajstić information content (AvgIpc) is 3.51. The third kappa shape index (κ3) is 10.8. The number of rotatable bonds is 18. The Morgan fingerprint density at radius 2 is 1.82 bits per heavy atom. The van der Waals surface area contributed by atoms with Crippen molar-refractivity contribution in [2.45, 2.75) is 74.9 Å². The largest absolute Gasteiger partial charge is 0.411 e. The Morgan fingerprint density at radius 1 is 1.12 bits per heavy atom. The Hall–Kier alpha value is -3.93. The van der Waals surface area contributed by atoms with Crippen LogP contribution in [0.5, 0.6) is 0 Å². The highest BCUT2D eigenvalue weighted by Gasteiger charge is 2.35. The first-order valence-corrected chi connectivity index (χ1v) is 18.6. The molecule has 3 aromatic rings. The van der Waals surface area contributed by atoms with Crippen molar-refractivity contribution in [3.8, 4) is 0 Å². The van der Waals surface area contributed by atoms with Crippen molar-refractivity contribution in [3.63, 3.8) is 0 Å². The number of oxime groups is 1. The predicted octanol–water partition coefficient (Wildman–Crippen LogP) is 2.57. The van der Waals surface area contributed by atoms with E-state index < -0.39 is 46.3 Å². The van der Waals surface area contributed by atoms with Gasteiger partial charge in [0.25, 0.3) is 0 Å². The van der Waals surface area contributed by atoms with Gasteiger partial charge in [-0.3, -0.25) is 4.79 Å². The Morgan fingerprint density at radius 3 is 2.42 bits per heavy atom. The molecule has 1 aliphatic carbocycles. The number of nitrogens with zero attached hydrogens (tertiary/aromatic N) is 4. The van der Waals surface area contributed by atoms with Gasteiger partial charge in [0.1, 0.15) is 11.0 Å². The molecule has 0 aliphatic heterocycles. The lowest BCUT2D eigenvalue weighted by Crippen LogP contribution is -2.59. The Labute approximate surface area is 296 Å². The van der Waals surface area contributed by atoms with Gasteiger partial charge in [0.15, 0.2) is 0 Å². The molecule has 16 heteroatoms. The maximum Gasteiger partial charge on any atom is 0.318 e. The summed E-state index contributed by atoms with van der Waals surface area (Å²) in [5.74, 6) is -0.616. The maximum atomic E-state index is 13.9. The zero-order chi connectivity index (χ0) is 36.3. The lowest BCUT2D eigenvalue weighted by atomic mass is 9.85. The molecule has 2 aromatic carbocycles. The first-order chi connectivity index (χ1) is 23.9. The highest BCUT2D eigenvalue weighted by Crippen LogP contribution is 2.30. The number of aliphatic hydroxyl groups is 2. The van der Waals surface area contributed by atoms with Crippen LogP contribution < -0.4 is 10.6 Å². The molecule has 1 fully saturated rings. The van der Waals surface area contributed by atoms with Crippen molar-refractivity contribution >= 4 is 39.5 Å². The van der Waals surface area contributed by atoms with E-state index in [1.165, 1.54) is 65.0 Å². The van der Waals surface area contributed by atoms with Crippen LogP contribution in [0.1, 0.15) is 48.0 Å². The number of benzene rings is 2. The maximum absolute atomic E-state index is 13.9. The van der Waals surface area contributed by atoms with Gasteiger partial charge in [-0.05, 0) is 55.4 Å². The summed E-state index contributed by atoms with van der Waals surface area (Å²) in [7, 11) is -0.976. The number of ether oxygens (including phenoxy) is 1. The fourth-order valence-electron chi connectivity index (χ4n) is 5.51. The molecule has 1 saturated carbocycles. The van der Waals surface area contributed by atoms with Crippen LogP contribution in [0.15, 0.2) is 70.0 Å². The fraction of sp³-hybridized carbons (Fsp3) is 0.471. The quantitative estimate of drug-likeness (QED) is 0.0743. The minimum absolute atomic E-state index is 0.0105. The second-order valence-electron chi connectivity index (χ2n) is 12.5. The van der Waals surface area contributed by atoms with Crippen molar-refractivity contribution in [2.24, 2.45) is 11.1 Å². The lowest BCUT2D eigenvalue weighted by Gasteiger charge is -2.35. The van der Waals surface area contributed by atoms with E-state index in [4.69, 9.17) is 9.94 Å². The van der Waals surface area contributed by atoms with Crippen LogP contribution in [0.4, 0.5) is 4.79 Å². The molecular weight excluding hydrogens is 685 g/mol. The molecule has 4 rings (SSSR count). The number of sulfonamides is 1. The van der Waals surface area contributed by atoms with Crippen LogP contribution in [0.2, 0.25) is 0 Å². The highest BCUT2D eigenvalue weighted by atomic mass is 32.2. The van der Waals surface area contributed by atoms with Crippen molar-refractivity contribution in [1.82, 2.24) is 24.8 Å². The number of thiazole rings is 1. The number of hydrogen-bond donors (Lipinski definition) is 5. The number of aliphatic hydroxyl groups excluding tert-OH is 2. The van der Waals surface area contributed by atoms with Gasteiger partial charge in [0.05, 0.1) is 48.2 Å². The molecule has 0 bridgehead atoms. The van der Waals surface area contributed by atoms with Crippen LogP contribution in [-0.4, -0.2) is 108 Å². The molecule has 5 N–H and O–H groups in total. The van der Waals surface area contributed by atoms with Gasteiger partial charge >= 0.3 is 6.03 Å². The van der Waals surface area contributed by atoms with Crippen LogP contribution in [0.3, 0.4) is 0 Å². The summed E-state index contributed by atoms with van der Waals surface area (Å²) in [5, 5.41) is 42.0. The van der Waals surface area contributed by atoms with Crippen molar-refractivity contribution in [2.75, 3.05) is 27.2 Å². The molecule has 1 aromatic heterocycles. The normalized spacial score (nSPS) is 16.0. The Balaban J connectivity index is 1.52. The second-order valence-corrected chi connectivity index (χ2v) is 15.4. The van der Waals surface area contributed by atoms with Crippen LogP contribution in [-0.2, 0) is 39.1 Å². The minimum Gasteiger partial charge on any atom is -0.411 e. The molecule has 14 nitrogen and oxygen atoms in total. The second kappa shape index (κ2) is 18.3. The molecule has 0 unspecified atom stereocenters. The summed E-state index contributed by atoms with van der Waals surface area (Å²) >= 11 is 1.40. The lowest BCUT2D eigenvalue weighted by molar-refractivity contribution is -0.127. The first kappa shape index (κ1) is 38.9. The Kier molecular flexibility index (Phi) is 14.3. The summed E-state index contributed by atoms with van der Waals surface area (Å²) in [6, 6.07) is 12.0. The van der Waals surface area contributed by atoms with Crippen LogP contribution in [0, 0.1) is 5.92 Å². The number of amides is 3. The molecule has 0 spiro atoms. The fourth-order valence-corrected chi connectivity index (χ4v) is 7.80. The van der Waals surface area contributed by atoms with Gasteiger partial charge < -0.3 is 35.7 Å². The van der Waals surface area contributed by atoms with E-state index in [9.17, 15) is 28.2 Å². The van der Waals surface area contributed by atoms with Crippen molar-refractivity contribution in [1.29, 1.82) is 0 Å². The molecule has 3 amide bonds. The van der Waals surface area contributed by atoms with Crippen LogP contribution >= 0.6 is 11.3 Å². The van der Waals surface area contributed by atoms with Gasteiger partial charge in [-0.2, -0.15) is 4.31 Å². The Bertz CT molecular complexity index is 1670. The summed E-state index contributed by atoms with van der Waals surface area (Å²) in [5.41, 5.74) is 1.92. The zero-order valence-corrected chi connectivity index (χ0v) is 30.0. The molecular formula is C34H46N6O8S2. The van der Waals surface area contributed by atoms with Gasteiger partial charge in [-0.15, -0.1) is 11.3 Å². The minimum atomic E-state index is -4.08. The molecule has 272 valence electrons. The smallest absolute Gasteiger partial charge is 0.318 e. The van der Waals surface area contributed by atoms with Gasteiger partial charge in [-0.1, -0.05) is 54.0 Å². The van der Waals surface area contributed by atoms with E-state index >= 15 is 0 Å². The molecule has 50 heavy (non-hydrogen) atoms. The standard InChI is InChI=1S/C34H46N6O8S2/c1-23(41)32(38-34(44)39(2)19-27-22-49-31(36-27)21-48-3)33(43)37-29(16-24-8-5-4-6-9-24)30(42)20-40(18-26-10-7-11-26)50(46,47)28-14-12-25(13-15-28)17-35-45/h4-6,8-9,12-15,17,22-23,26,29-30,32,41-42,45H,7,10-11,16,18-21H2,1-3H3,(H,37,43)(H,38,44)/t23-,29-,30-,32-/m0/s1. The topological polar surface area (TPSA) is 194 Å². The molecule has 1 aliphatic rings. The monoisotopic (exact) mass is 730 g/mol. The summed E-state index contributed by atoms with van der Waals surface area (Å²) in [4.78, 5) is 32.6. The summed E-state index contributed by atoms with van der Waals surface area (Å²) in [6.07, 6.45) is 1.37. The third-order valence-electron chi connectivity index (χ3n) is 8.55. The zero-order valence-electron chi connectivity index (χ0n) is 28.4. The summed E-state index contributed by atoms with van der Waals surface area (Å²) in [6.45, 7) is 1.74. The number of carbonyl (C=O) groups is 2. The summed E-state index contributed by atoms with van der Waals surface area (Å²) < 4.78 is 34.2. The van der Waals surface area contributed by atoms with E-state index in [-0.39, 0.29) is 36.9 Å². The van der Waals surface area contributed by atoms with E-state index in [0.29, 0.717) is 17.9 Å². The highest BCUT2D eigenvalue weighted by molar-refractivity contribution is 7.89.